The molecule has 0 aliphatic carbocycles. The smallest absolute Gasteiger partial charge is 0.160 e. The Morgan fingerprint density at radius 1 is 1.32 bits per heavy atom. The van der Waals surface area contributed by atoms with Gasteiger partial charge in [-0.2, -0.15) is 0 Å². The van der Waals surface area contributed by atoms with Crippen molar-refractivity contribution < 1.29 is 4.52 Å². The lowest BCUT2D eigenvalue weighted by molar-refractivity contribution is 0.373. The van der Waals surface area contributed by atoms with Crippen LogP contribution in [-0.2, 0) is 12.4 Å². The van der Waals surface area contributed by atoms with Gasteiger partial charge in [-0.05, 0) is 25.5 Å². The average Bonchev–Trinajstić information content (AvgIpc) is 2.94. The molecule has 0 spiro atoms. The second-order valence-corrected chi connectivity index (χ2v) is 4.81. The van der Waals surface area contributed by atoms with Crippen molar-refractivity contribution in [2.45, 2.75) is 26.3 Å². The summed E-state index contributed by atoms with van der Waals surface area (Å²) < 4.78 is 7.20. The molecule has 0 unspecified atom stereocenters. The van der Waals surface area contributed by atoms with Crippen LogP contribution in [0.4, 0.5) is 0 Å². The number of alkyl halides is 1. The van der Waals surface area contributed by atoms with Crippen molar-refractivity contribution in [3.63, 3.8) is 0 Å². The highest BCUT2D eigenvalue weighted by molar-refractivity contribution is 6.16. The molecule has 0 fully saturated rings. The van der Waals surface area contributed by atoms with Gasteiger partial charge in [0.15, 0.2) is 11.4 Å². The second kappa shape index (κ2) is 4.66. The highest BCUT2D eigenvalue weighted by Gasteiger charge is 2.13. The van der Waals surface area contributed by atoms with Crippen LogP contribution < -0.4 is 0 Å². The molecule has 0 radical (unpaired) electrons. The predicted molar refractivity (Wildman–Crippen MR) is 72.2 cm³/mol. The number of nitrogens with zero attached hydrogens (tertiary/aromatic N) is 4. The first-order valence-electron chi connectivity index (χ1n) is 5.97. The second-order valence-electron chi connectivity index (χ2n) is 4.54. The number of halogens is 1. The molecule has 6 heteroatoms. The van der Waals surface area contributed by atoms with Crippen molar-refractivity contribution in [2.24, 2.45) is 0 Å². The molecule has 0 aliphatic rings. The summed E-state index contributed by atoms with van der Waals surface area (Å²) in [6.07, 6.45) is 1.82. The molecule has 5 nitrogen and oxygen atoms in total. The van der Waals surface area contributed by atoms with Crippen LogP contribution in [0.3, 0.4) is 0 Å². The summed E-state index contributed by atoms with van der Waals surface area (Å²) in [5, 5.41) is 3.88. The Kier molecular flexibility index (Phi) is 2.98. The van der Waals surface area contributed by atoms with Gasteiger partial charge >= 0.3 is 0 Å². The molecule has 0 N–H and O–H groups in total. The van der Waals surface area contributed by atoms with Gasteiger partial charge in [0.2, 0.25) is 0 Å². The monoisotopic (exact) mass is 276 g/mol. The topological polar surface area (TPSA) is 56.7 Å². The summed E-state index contributed by atoms with van der Waals surface area (Å²) in [4.78, 5) is 8.93. The Hall–Kier alpha value is -1.88. The fourth-order valence-electron chi connectivity index (χ4n) is 2.07. The number of hydrogen-bond donors (Lipinski definition) is 0. The molecule has 0 aliphatic heterocycles. The van der Waals surface area contributed by atoms with E-state index >= 15 is 0 Å². The Labute approximate surface area is 115 Å². The van der Waals surface area contributed by atoms with E-state index in [1.807, 2.05) is 36.7 Å². The summed E-state index contributed by atoms with van der Waals surface area (Å²) >= 11 is 5.96. The molecule has 3 rings (SSSR count). The van der Waals surface area contributed by atoms with E-state index in [9.17, 15) is 0 Å². The van der Waals surface area contributed by atoms with Crippen LogP contribution in [0.15, 0.2) is 22.9 Å². The van der Waals surface area contributed by atoms with Gasteiger partial charge in [-0.1, -0.05) is 5.16 Å². The molecule has 3 aromatic rings. The molecule has 3 heterocycles. The largest absolute Gasteiger partial charge is 0.359 e. The van der Waals surface area contributed by atoms with Gasteiger partial charge in [0.05, 0.1) is 18.1 Å². The number of fused-ring (bicyclic) bond motifs is 1. The van der Waals surface area contributed by atoms with Gasteiger partial charge in [0, 0.05) is 12.3 Å². The first-order valence-corrected chi connectivity index (χ1v) is 6.51. The van der Waals surface area contributed by atoms with Crippen molar-refractivity contribution >= 4 is 22.8 Å². The molecule has 0 aromatic carbocycles. The van der Waals surface area contributed by atoms with Crippen LogP contribution in [-0.4, -0.2) is 19.7 Å². The van der Waals surface area contributed by atoms with Gasteiger partial charge in [-0.15, -0.1) is 11.6 Å². The van der Waals surface area contributed by atoms with Crippen molar-refractivity contribution in [2.75, 3.05) is 0 Å². The first kappa shape index (κ1) is 12.2. The van der Waals surface area contributed by atoms with Gasteiger partial charge in [0.25, 0.3) is 0 Å². The SMILES string of the molecule is Cc1cnc2c(c1)nc(CCl)n2Cc1cc(C)no1. The molecule has 0 amide bonds. The molecular weight excluding hydrogens is 264 g/mol. The highest BCUT2D eigenvalue weighted by atomic mass is 35.5. The zero-order chi connectivity index (χ0) is 13.4. The number of imidazole rings is 1. The van der Waals surface area contributed by atoms with E-state index in [0.29, 0.717) is 12.4 Å². The average molecular weight is 277 g/mol. The fourth-order valence-corrected chi connectivity index (χ4v) is 2.28. The number of rotatable bonds is 3. The van der Waals surface area contributed by atoms with Gasteiger partial charge < -0.3 is 9.09 Å². The number of hydrogen-bond acceptors (Lipinski definition) is 4. The molecular formula is C13H13ClN4O. The van der Waals surface area contributed by atoms with E-state index in [4.69, 9.17) is 16.1 Å². The van der Waals surface area contributed by atoms with Crippen molar-refractivity contribution in [3.05, 3.63) is 41.2 Å². The van der Waals surface area contributed by atoms with Crippen molar-refractivity contribution in [1.29, 1.82) is 0 Å². The minimum Gasteiger partial charge on any atom is -0.359 e. The lowest BCUT2D eigenvalue weighted by Gasteiger charge is -2.03. The van der Waals surface area contributed by atoms with E-state index in [-0.39, 0.29) is 0 Å². The maximum Gasteiger partial charge on any atom is 0.160 e. The van der Waals surface area contributed by atoms with Crippen LogP contribution in [0.2, 0.25) is 0 Å². The maximum absolute atomic E-state index is 5.96. The molecule has 0 saturated carbocycles. The Balaban J connectivity index is 2.10. The van der Waals surface area contributed by atoms with Crippen LogP contribution in [0.5, 0.6) is 0 Å². The minimum atomic E-state index is 0.336. The van der Waals surface area contributed by atoms with Crippen LogP contribution in [0, 0.1) is 13.8 Å². The van der Waals surface area contributed by atoms with Crippen molar-refractivity contribution in [1.82, 2.24) is 19.7 Å². The Bertz CT molecular complexity index is 731. The minimum absolute atomic E-state index is 0.336. The van der Waals surface area contributed by atoms with Crippen molar-refractivity contribution in [3.8, 4) is 0 Å². The summed E-state index contributed by atoms with van der Waals surface area (Å²) in [6, 6.07) is 3.90. The molecule has 19 heavy (non-hydrogen) atoms. The summed E-state index contributed by atoms with van der Waals surface area (Å²) in [6.45, 7) is 4.42. The van der Waals surface area contributed by atoms with Crippen LogP contribution >= 0.6 is 11.6 Å². The highest BCUT2D eigenvalue weighted by Crippen LogP contribution is 2.18. The normalized spacial score (nSPS) is 11.3. The van der Waals surface area contributed by atoms with Crippen LogP contribution in [0.25, 0.3) is 11.2 Å². The lowest BCUT2D eigenvalue weighted by atomic mass is 10.3. The molecule has 0 atom stereocenters. The number of aromatic nitrogens is 4. The van der Waals surface area contributed by atoms with Gasteiger partial charge in [0.1, 0.15) is 11.3 Å². The third kappa shape index (κ3) is 2.21. The number of pyridine rings is 1. The van der Waals surface area contributed by atoms with E-state index in [1.54, 1.807) is 0 Å². The standard InChI is InChI=1S/C13H13ClN4O/c1-8-3-11-13(15-6-8)18(12(5-14)16-11)7-10-4-9(2)17-19-10/h3-4,6H,5,7H2,1-2H3. The molecule has 0 bridgehead atoms. The fraction of sp³-hybridized carbons (Fsp3) is 0.308. The Morgan fingerprint density at radius 2 is 2.16 bits per heavy atom. The van der Waals surface area contributed by atoms with E-state index in [1.165, 1.54) is 0 Å². The zero-order valence-electron chi connectivity index (χ0n) is 10.7. The first-order chi connectivity index (χ1) is 9.17. The third-order valence-electron chi connectivity index (χ3n) is 2.91. The third-order valence-corrected chi connectivity index (χ3v) is 3.15. The van der Waals surface area contributed by atoms with Crippen LogP contribution in [0.1, 0.15) is 22.8 Å². The summed E-state index contributed by atoms with van der Waals surface area (Å²) in [5.74, 6) is 1.89. The van der Waals surface area contributed by atoms with E-state index in [0.717, 1.165) is 34.0 Å². The number of aryl methyl sites for hydroxylation is 2. The molecule has 0 saturated heterocycles. The maximum atomic E-state index is 5.96. The van der Waals surface area contributed by atoms with E-state index in [2.05, 4.69) is 15.1 Å². The Morgan fingerprint density at radius 3 is 2.84 bits per heavy atom. The summed E-state index contributed by atoms with van der Waals surface area (Å²) in [7, 11) is 0. The predicted octanol–water partition coefficient (Wildman–Crippen LogP) is 2.82. The quantitative estimate of drug-likeness (QED) is 0.690. The molecule has 3 aromatic heterocycles. The van der Waals surface area contributed by atoms with Gasteiger partial charge in [-0.25, -0.2) is 9.97 Å². The molecule has 98 valence electrons. The zero-order valence-corrected chi connectivity index (χ0v) is 11.5. The summed E-state index contributed by atoms with van der Waals surface area (Å²) in [5.41, 5.74) is 3.60. The van der Waals surface area contributed by atoms with E-state index < -0.39 is 0 Å². The van der Waals surface area contributed by atoms with Gasteiger partial charge in [-0.3, -0.25) is 0 Å². The lowest BCUT2D eigenvalue weighted by Crippen LogP contribution is -2.04.